The summed E-state index contributed by atoms with van der Waals surface area (Å²) < 4.78 is 44.1. The molecule has 1 saturated heterocycles. The predicted octanol–water partition coefficient (Wildman–Crippen LogP) is 2.00. The highest BCUT2D eigenvalue weighted by molar-refractivity contribution is 7.89. The number of morpholine rings is 1. The van der Waals surface area contributed by atoms with Gasteiger partial charge in [-0.15, -0.1) is 0 Å². The molecule has 0 radical (unpaired) electrons. The first-order chi connectivity index (χ1) is 15.9. The van der Waals surface area contributed by atoms with Crippen LogP contribution in [0.1, 0.15) is 21.8 Å². The summed E-state index contributed by atoms with van der Waals surface area (Å²) in [6.07, 6.45) is 0. The van der Waals surface area contributed by atoms with Gasteiger partial charge in [0.1, 0.15) is 5.75 Å². The van der Waals surface area contributed by atoms with Gasteiger partial charge in [-0.05, 0) is 36.2 Å². The number of aryl methyl sites for hydroxylation is 1. The number of carbonyl (C=O) groups is 1. The molecule has 3 aromatic rings. The summed E-state index contributed by atoms with van der Waals surface area (Å²) in [6, 6.07) is 11.9. The van der Waals surface area contributed by atoms with E-state index in [4.69, 9.17) is 14.0 Å². The van der Waals surface area contributed by atoms with Crippen molar-refractivity contribution in [3.8, 4) is 17.1 Å². The largest absolute Gasteiger partial charge is 0.497 e. The van der Waals surface area contributed by atoms with Crippen LogP contribution in [-0.2, 0) is 21.3 Å². The molecule has 11 heteroatoms. The Kier molecular flexibility index (Phi) is 6.72. The number of carbonyl (C=O) groups excluding carboxylic acids is 1. The van der Waals surface area contributed by atoms with Crippen molar-refractivity contribution in [3.05, 3.63) is 59.5 Å². The van der Waals surface area contributed by atoms with Crippen LogP contribution in [0, 0.1) is 6.92 Å². The molecule has 0 atom stereocenters. The minimum absolute atomic E-state index is 0.0966. The SMILES string of the molecule is COc1ccc(CNS(=O)(=O)c2cc(-c3noc(C(=O)N4CCOCC4)n3)ccc2C)cc1. The quantitative estimate of drug-likeness (QED) is 0.554. The van der Waals surface area contributed by atoms with Crippen molar-refractivity contribution in [1.82, 2.24) is 19.8 Å². The van der Waals surface area contributed by atoms with E-state index in [1.165, 1.54) is 6.07 Å². The van der Waals surface area contributed by atoms with Crippen LogP contribution >= 0.6 is 0 Å². The van der Waals surface area contributed by atoms with E-state index in [1.807, 2.05) is 0 Å². The highest BCUT2D eigenvalue weighted by Crippen LogP contribution is 2.24. The molecule has 33 heavy (non-hydrogen) atoms. The topological polar surface area (TPSA) is 124 Å². The number of benzene rings is 2. The molecule has 0 saturated carbocycles. The predicted molar refractivity (Wildman–Crippen MR) is 118 cm³/mol. The molecule has 10 nitrogen and oxygen atoms in total. The molecule has 174 valence electrons. The summed E-state index contributed by atoms with van der Waals surface area (Å²) in [5, 5.41) is 3.87. The summed E-state index contributed by atoms with van der Waals surface area (Å²) in [6.45, 7) is 3.63. The maximum absolute atomic E-state index is 13.0. The molecule has 4 rings (SSSR count). The molecule has 0 unspecified atom stereocenters. The normalized spacial score (nSPS) is 14.3. The second-order valence-electron chi connectivity index (χ2n) is 7.48. The zero-order chi connectivity index (χ0) is 23.4. The smallest absolute Gasteiger partial charge is 0.316 e. The van der Waals surface area contributed by atoms with Gasteiger partial charge < -0.3 is 18.9 Å². The summed E-state index contributed by atoms with van der Waals surface area (Å²) in [7, 11) is -2.25. The van der Waals surface area contributed by atoms with E-state index in [0.29, 0.717) is 43.2 Å². The Hall–Kier alpha value is -3.28. The number of rotatable bonds is 7. The third-order valence-corrected chi connectivity index (χ3v) is 6.81. The van der Waals surface area contributed by atoms with E-state index in [-0.39, 0.29) is 29.1 Å². The van der Waals surface area contributed by atoms with Crippen molar-refractivity contribution < 1.29 is 27.2 Å². The van der Waals surface area contributed by atoms with Crippen LogP contribution in [0.5, 0.6) is 5.75 Å². The van der Waals surface area contributed by atoms with Gasteiger partial charge in [0.25, 0.3) is 0 Å². The summed E-state index contributed by atoms with van der Waals surface area (Å²) in [5.74, 6) is 0.308. The van der Waals surface area contributed by atoms with E-state index >= 15 is 0 Å². The van der Waals surface area contributed by atoms with Crippen LogP contribution < -0.4 is 9.46 Å². The zero-order valence-electron chi connectivity index (χ0n) is 18.3. The van der Waals surface area contributed by atoms with Crippen LogP contribution in [0.25, 0.3) is 11.4 Å². The zero-order valence-corrected chi connectivity index (χ0v) is 19.1. The average Bonchev–Trinajstić information content (AvgIpc) is 3.34. The molecule has 0 aliphatic carbocycles. The molecule has 1 amide bonds. The second kappa shape index (κ2) is 9.69. The molecule has 2 aromatic carbocycles. The van der Waals surface area contributed by atoms with Crippen LogP contribution in [0.4, 0.5) is 0 Å². The van der Waals surface area contributed by atoms with Crippen LogP contribution in [0.2, 0.25) is 0 Å². The first-order valence-corrected chi connectivity index (χ1v) is 11.8. The van der Waals surface area contributed by atoms with Gasteiger partial charge in [-0.25, -0.2) is 13.1 Å². The number of nitrogens with zero attached hydrogens (tertiary/aromatic N) is 3. The maximum atomic E-state index is 13.0. The number of nitrogens with one attached hydrogen (secondary N) is 1. The van der Waals surface area contributed by atoms with E-state index in [1.54, 1.807) is 55.3 Å². The lowest BCUT2D eigenvalue weighted by molar-refractivity contribution is 0.0272. The minimum atomic E-state index is -3.82. The van der Waals surface area contributed by atoms with Gasteiger partial charge in [-0.2, -0.15) is 4.98 Å². The third-order valence-electron chi connectivity index (χ3n) is 5.27. The molecule has 2 heterocycles. The molecule has 1 fully saturated rings. The number of ether oxygens (including phenoxy) is 2. The Labute approximate surface area is 191 Å². The van der Waals surface area contributed by atoms with Crippen molar-refractivity contribution in [2.24, 2.45) is 0 Å². The standard InChI is InChI=1S/C22H24N4O6S/c1-15-3-6-17(20-24-21(32-25-20)22(27)26-9-11-31-12-10-26)13-19(15)33(28,29)23-14-16-4-7-18(30-2)8-5-16/h3-8,13,23H,9-12,14H2,1-2H3. The van der Waals surface area contributed by atoms with Crippen molar-refractivity contribution in [3.63, 3.8) is 0 Å². The number of sulfonamides is 1. The van der Waals surface area contributed by atoms with E-state index in [0.717, 1.165) is 5.56 Å². The Bertz CT molecular complexity index is 1230. The lowest BCUT2D eigenvalue weighted by atomic mass is 10.1. The van der Waals surface area contributed by atoms with E-state index in [9.17, 15) is 13.2 Å². The third kappa shape index (κ3) is 5.21. The van der Waals surface area contributed by atoms with Gasteiger partial charge in [0.05, 0.1) is 25.2 Å². The van der Waals surface area contributed by atoms with Gasteiger partial charge in [-0.3, -0.25) is 4.79 Å². The van der Waals surface area contributed by atoms with Crippen LogP contribution in [0.15, 0.2) is 51.9 Å². The molecule has 1 aliphatic rings. The number of amides is 1. The van der Waals surface area contributed by atoms with Crippen molar-refractivity contribution >= 4 is 15.9 Å². The Balaban J connectivity index is 1.52. The van der Waals surface area contributed by atoms with E-state index < -0.39 is 10.0 Å². The molecule has 1 aromatic heterocycles. The maximum Gasteiger partial charge on any atom is 0.316 e. The fourth-order valence-corrected chi connectivity index (χ4v) is 4.64. The molecule has 1 aliphatic heterocycles. The van der Waals surface area contributed by atoms with Gasteiger partial charge in [0.2, 0.25) is 15.8 Å². The van der Waals surface area contributed by atoms with Crippen molar-refractivity contribution in [1.29, 1.82) is 0 Å². The van der Waals surface area contributed by atoms with Gasteiger partial charge in [0.15, 0.2) is 0 Å². The molecular formula is C22H24N4O6S. The van der Waals surface area contributed by atoms with Crippen LogP contribution in [0.3, 0.4) is 0 Å². The second-order valence-corrected chi connectivity index (χ2v) is 9.22. The highest BCUT2D eigenvalue weighted by Gasteiger charge is 2.25. The number of hydrogen-bond donors (Lipinski definition) is 1. The van der Waals surface area contributed by atoms with Gasteiger partial charge in [-0.1, -0.05) is 29.4 Å². The monoisotopic (exact) mass is 472 g/mol. The number of aromatic nitrogens is 2. The lowest BCUT2D eigenvalue weighted by Crippen LogP contribution is -2.40. The van der Waals surface area contributed by atoms with Crippen molar-refractivity contribution in [2.75, 3.05) is 33.4 Å². The summed E-state index contributed by atoms with van der Waals surface area (Å²) in [4.78, 5) is 18.4. The summed E-state index contributed by atoms with van der Waals surface area (Å²) in [5.41, 5.74) is 1.78. The van der Waals surface area contributed by atoms with Gasteiger partial charge >= 0.3 is 11.8 Å². The number of hydrogen-bond acceptors (Lipinski definition) is 8. The minimum Gasteiger partial charge on any atom is -0.497 e. The fraction of sp³-hybridized carbons (Fsp3) is 0.318. The fourth-order valence-electron chi connectivity index (χ4n) is 3.36. The number of methoxy groups -OCH3 is 1. The first-order valence-electron chi connectivity index (χ1n) is 10.3. The highest BCUT2D eigenvalue weighted by atomic mass is 32.2. The average molecular weight is 473 g/mol. The molecule has 1 N–H and O–H groups in total. The Morgan fingerprint density at radius 1 is 1.15 bits per heavy atom. The van der Waals surface area contributed by atoms with E-state index in [2.05, 4.69) is 14.9 Å². The first kappa shape index (κ1) is 22.9. The molecule has 0 bridgehead atoms. The Morgan fingerprint density at radius 2 is 1.88 bits per heavy atom. The molecular weight excluding hydrogens is 448 g/mol. The Morgan fingerprint density at radius 3 is 2.58 bits per heavy atom. The van der Waals surface area contributed by atoms with Crippen molar-refractivity contribution in [2.45, 2.75) is 18.4 Å². The molecule has 0 spiro atoms. The lowest BCUT2D eigenvalue weighted by Gasteiger charge is -2.25. The summed E-state index contributed by atoms with van der Waals surface area (Å²) >= 11 is 0. The van der Waals surface area contributed by atoms with Crippen LogP contribution in [-0.4, -0.2) is 62.8 Å². The van der Waals surface area contributed by atoms with Gasteiger partial charge in [0, 0.05) is 25.2 Å².